The maximum atomic E-state index is 10.7. The van der Waals surface area contributed by atoms with Crippen molar-refractivity contribution in [1.82, 2.24) is 5.32 Å². The van der Waals surface area contributed by atoms with Crippen LogP contribution in [0.2, 0.25) is 0 Å². The van der Waals surface area contributed by atoms with E-state index < -0.39 is 9.84 Å². The molecular formula is C5H10N2O2S. The number of hydrogen-bond acceptors (Lipinski definition) is 4. The largest absolute Gasteiger partial charge is 0.371 e. The SMILES string of the molecule is CS(=O)(=O)CC1=NCCN1. The Morgan fingerprint density at radius 1 is 1.70 bits per heavy atom. The highest BCUT2D eigenvalue weighted by Gasteiger charge is 2.10. The molecule has 10 heavy (non-hydrogen) atoms. The Morgan fingerprint density at radius 2 is 2.40 bits per heavy atom. The summed E-state index contributed by atoms with van der Waals surface area (Å²) in [7, 11) is -2.90. The van der Waals surface area contributed by atoms with Crippen molar-refractivity contribution in [3.8, 4) is 0 Å². The van der Waals surface area contributed by atoms with Crippen molar-refractivity contribution in [2.24, 2.45) is 4.99 Å². The molecule has 4 nitrogen and oxygen atoms in total. The minimum absolute atomic E-state index is 0.0486. The van der Waals surface area contributed by atoms with Gasteiger partial charge in [0.05, 0.1) is 6.54 Å². The number of rotatable bonds is 2. The lowest BCUT2D eigenvalue weighted by Crippen LogP contribution is -2.26. The van der Waals surface area contributed by atoms with Crippen LogP contribution < -0.4 is 5.32 Å². The lowest BCUT2D eigenvalue weighted by atomic mass is 10.7. The minimum atomic E-state index is -2.90. The Morgan fingerprint density at radius 3 is 2.80 bits per heavy atom. The molecule has 0 bridgehead atoms. The van der Waals surface area contributed by atoms with Crippen LogP contribution in [0.4, 0.5) is 0 Å². The molecule has 0 aromatic rings. The van der Waals surface area contributed by atoms with E-state index in [9.17, 15) is 8.42 Å². The van der Waals surface area contributed by atoms with Crippen LogP contribution >= 0.6 is 0 Å². The Balaban J connectivity index is 2.54. The van der Waals surface area contributed by atoms with Gasteiger partial charge in [-0.05, 0) is 0 Å². The normalized spacial score (nSPS) is 18.3. The van der Waals surface area contributed by atoms with Crippen molar-refractivity contribution in [1.29, 1.82) is 0 Å². The maximum Gasteiger partial charge on any atom is 0.154 e. The van der Waals surface area contributed by atoms with Gasteiger partial charge in [0.1, 0.15) is 11.6 Å². The summed E-state index contributed by atoms with van der Waals surface area (Å²) < 4.78 is 21.3. The summed E-state index contributed by atoms with van der Waals surface area (Å²) in [6, 6.07) is 0. The monoisotopic (exact) mass is 162 g/mol. The van der Waals surface area contributed by atoms with E-state index in [0.29, 0.717) is 12.4 Å². The van der Waals surface area contributed by atoms with Crippen molar-refractivity contribution < 1.29 is 8.42 Å². The van der Waals surface area contributed by atoms with E-state index >= 15 is 0 Å². The molecule has 58 valence electrons. The summed E-state index contributed by atoms with van der Waals surface area (Å²) in [5.74, 6) is 0.648. The van der Waals surface area contributed by atoms with Crippen LogP contribution in [-0.4, -0.2) is 39.4 Å². The molecule has 0 spiro atoms. The molecule has 1 N–H and O–H groups in total. The molecule has 0 aliphatic carbocycles. The molecule has 0 radical (unpaired) electrons. The first-order valence-electron chi connectivity index (χ1n) is 3.03. The van der Waals surface area contributed by atoms with E-state index in [-0.39, 0.29) is 5.75 Å². The Labute approximate surface area is 60.3 Å². The number of nitrogens with one attached hydrogen (secondary N) is 1. The van der Waals surface area contributed by atoms with Gasteiger partial charge in [-0.2, -0.15) is 0 Å². The number of hydrogen-bond donors (Lipinski definition) is 1. The zero-order chi connectivity index (χ0) is 7.61. The second-order valence-electron chi connectivity index (χ2n) is 2.33. The van der Waals surface area contributed by atoms with E-state index in [0.717, 1.165) is 6.54 Å². The van der Waals surface area contributed by atoms with E-state index in [1.165, 1.54) is 6.26 Å². The first-order chi connectivity index (χ1) is 4.58. The van der Waals surface area contributed by atoms with E-state index in [1.807, 2.05) is 0 Å². The van der Waals surface area contributed by atoms with Crippen molar-refractivity contribution in [3.63, 3.8) is 0 Å². The first kappa shape index (κ1) is 7.53. The Bertz CT molecular complexity index is 242. The summed E-state index contributed by atoms with van der Waals surface area (Å²) in [6.45, 7) is 1.47. The third-order valence-corrected chi connectivity index (χ3v) is 1.94. The van der Waals surface area contributed by atoms with Crippen molar-refractivity contribution in [2.45, 2.75) is 0 Å². The van der Waals surface area contributed by atoms with Gasteiger partial charge in [0.2, 0.25) is 0 Å². The third-order valence-electron chi connectivity index (χ3n) is 1.14. The second kappa shape index (κ2) is 2.57. The highest BCUT2D eigenvalue weighted by atomic mass is 32.2. The van der Waals surface area contributed by atoms with Gasteiger partial charge in [-0.15, -0.1) is 0 Å². The topological polar surface area (TPSA) is 58.5 Å². The standard InChI is InChI=1S/C5H10N2O2S/c1-10(8,9)4-5-6-2-3-7-5/h2-4H2,1H3,(H,6,7). The summed E-state index contributed by atoms with van der Waals surface area (Å²) in [5, 5.41) is 2.88. The highest BCUT2D eigenvalue weighted by molar-refractivity contribution is 7.91. The predicted molar refractivity (Wildman–Crippen MR) is 40.0 cm³/mol. The van der Waals surface area contributed by atoms with Crippen LogP contribution in [-0.2, 0) is 9.84 Å². The van der Waals surface area contributed by atoms with Gasteiger partial charge in [0, 0.05) is 12.8 Å². The van der Waals surface area contributed by atoms with Gasteiger partial charge in [-0.1, -0.05) is 0 Å². The molecule has 5 heteroatoms. The van der Waals surface area contributed by atoms with Gasteiger partial charge in [-0.25, -0.2) is 8.42 Å². The van der Waals surface area contributed by atoms with E-state index in [2.05, 4.69) is 10.3 Å². The number of amidine groups is 1. The molecule has 0 fully saturated rings. The van der Waals surface area contributed by atoms with Gasteiger partial charge in [-0.3, -0.25) is 4.99 Å². The molecule has 0 saturated heterocycles. The molecule has 0 unspecified atom stereocenters. The van der Waals surface area contributed by atoms with Gasteiger partial charge >= 0.3 is 0 Å². The van der Waals surface area contributed by atoms with E-state index in [4.69, 9.17) is 0 Å². The number of sulfone groups is 1. The average Bonchev–Trinajstić information content (AvgIpc) is 2.12. The minimum Gasteiger partial charge on any atom is -0.371 e. The molecule has 1 heterocycles. The Hall–Kier alpha value is -0.580. The molecule has 0 amide bonds. The third kappa shape index (κ3) is 2.34. The summed E-state index contributed by atoms with van der Waals surface area (Å²) in [5.41, 5.74) is 0. The van der Waals surface area contributed by atoms with Gasteiger partial charge < -0.3 is 5.32 Å². The lowest BCUT2D eigenvalue weighted by molar-refractivity contribution is 0.605. The summed E-state index contributed by atoms with van der Waals surface area (Å²) in [4.78, 5) is 3.95. The predicted octanol–water partition coefficient (Wildman–Crippen LogP) is -0.967. The molecule has 0 saturated carbocycles. The zero-order valence-corrected chi connectivity index (χ0v) is 6.61. The molecule has 0 aromatic carbocycles. The smallest absolute Gasteiger partial charge is 0.154 e. The van der Waals surface area contributed by atoms with Crippen LogP contribution in [0, 0.1) is 0 Å². The fourth-order valence-electron chi connectivity index (χ4n) is 0.792. The van der Waals surface area contributed by atoms with Gasteiger partial charge in [0.25, 0.3) is 0 Å². The fourth-order valence-corrected chi connectivity index (χ4v) is 1.48. The summed E-state index contributed by atoms with van der Waals surface area (Å²) >= 11 is 0. The van der Waals surface area contributed by atoms with Crippen LogP contribution in [0.25, 0.3) is 0 Å². The molecule has 1 aliphatic rings. The number of aliphatic imine (C=N–C) groups is 1. The van der Waals surface area contributed by atoms with Crippen LogP contribution in [0.5, 0.6) is 0 Å². The molecule has 1 rings (SSSR count). The quantitative estimate of drug-likeness (QED) is 0.568. The zero-order valence-electron chi connectivity index (χ0n) is 5.79. The van der Waals surface area contributed by atoms with Gasteiger partial charge in [0.15, 0.2) is 9.84 Å². The molecule has 0 aromatic heterocycles. The van der Waals surface area contributed by atoms with Crippen molar-refractivity contribution in [3.05, 3.63) is 0 Å². The van der Waals surface area contributed by atoms with Crippen LogP contribution in [0.3, 0.4) is 0 Å². The maximum absolute atomic E-state index is 10.7. The van der Waals surface area contributed by atoms with Crippen molar-refractivity contribution in [2.75, 3.05) is 25.1 Å². The fraction of sp³-hybridized carbons (Fsp3) is 0.800. The van der Waals surface area contributed by atoms with Crippen molar-refractivity contribution >= 4 is 15.7 Å². The molecule has 1 aliphatic heterocycles. The number of nitrogens with zero attached hydrogens (tertiary/aromatic N) is 1. The first-order valence-corrected chi connectivity index (χ1v) is 5.09. The molecular weight excluding hydrogens is 152 g/mol. The van der Waals surface area contributed by atoms with Crippen LogP contribution in [0.1, 0.15) is 0 Å². The summed E-state index contributed by atoms with van der Waals surface area (Å²) in [6.07, 6.45) is 1.20. The molecule has 0 atom stereocenters. The van der Waals surface area contributed by atoms with Crippen LogP contribution in [0.15, 0.2) is 4.99 Å². The van der Waals surface area contributed by atoms with E-state index in [1.54, 1.807) is 0 Å². The second-order valence-corrected chi connectivity index (χ2v) is 4.47. The highest BCUT2D eigenvalue weighted by Crippen LogP contribution is 1.89. The average molecular weight is 162 g/mol. The Kier molecular flexibility index (Phi) is 1.94. The lowest BCUT2D eigenvalue weighted by Gasteiger charge is -1.97.